The van der Waals surface area contributed by atoms with Crippen molar-refractivity contribution >= 4 is 29.3 Å². The van der Waals surface area contributed by atoms with Gasteiger partial charge in [-0.15, -0.1) is 0 Å². The van der Waals surface area contributed by atoms with E-state index in [9.17, 15) is 4.79 Å². The zero-order valence-electron chi connectivity index (χ0n) is 12.0. The monoisotopic (exact) mass is 308 g/mol. The number of benzene rings is 1. The van der Waals surface area contributed by atoms with Gasteiger partial charge in [-0.3, -0.25) is 0 Å². The molecule has 0 radical (unpaired) electrons. The van der Waals surface area contributed by atoms with E-state index in [0.717, 1.165) is 5.69 Å². The van der Waals surface area contributed by atoms with E-state index < -0.39 is 0 Å². The van der Waals surface area contributed by atoms with Crippen LogP contribution in [0.4, 0.5) is 10.5 Å². The molecule has 1 aliphatic rings. The fraction of sp³-hybridized carbons (Fsp3) is 0.429. The van der Waals surface area contributed by atoms with Crippen molar-refractivity contribution in [2.75, 3.05) is 24.7 Å². The highest BCUT2D eigenvalue weighted by Gasteiger charge is 2.39. The number of nitrogens with zero attached hydrogens (tertiary/aromatic N) is 2. The minimum atomic E-state index is -0.377. The number of para-hydroxylation sites is 1. The Morgan fingerprint density at radius 3 is 2.52 bits per heavy atom. The Kier molecular flexibility index (Phi) is 4.95. The molecule has 0 atom stereocenters. The van der Waals surface area contributed by atoms with Crippen molar-refractivity contribution in [1.29, 1.82) is 0 Å². The van der Waals surface area contributed by atoms with Crippen LogP contribution in [0.15, 0.2) is 35.5 Å². The van der Waals surface area contributed by atoms with Crippen molar-refractivity contribution in [3.63, 3.8) is 0 Å². The van der Waals surface area contributed by atoms with Crippen molar-refractivity contribution in [2.24, 2.45) is 10.9 Å². The van der Waals surface area contributed by atoms with Crippen LogP contribution < -0.4 is 11.1 Å². The van der Waals surface area contributed by atoms with Gasteiger partial charge in [0.05, 0.1) is 4.75 Å². The van der Waals surface area contributed by atoms with Crippen LogP contribution in [-0.4, -0.2) is 46.1 Å². The summed E-state index contributed by atoms with van der Waals surface area (Å²) in [5, 5.41) is 14.9. The predicted molar refractivity (Wildman–Crippen MR) is 85.9 cm³/mol. The van der Waals surface area contributed by atoms with Crippen LogP contribution in [0.1, 0.15) is 12.8 Å². The summed E-state index contributed by atoms with van der Waals surface area (Å²) in [6.45, 7) is 1.16. The summed E-state index contributed by atoms with van der Waals surface area (Å²) < 4.78 is -0.377. The van der Waals surface area contributed by atoms with Crippen molar-refractivity contribution in [3.8, 4) is 0 Å². The molecule has 1 aromatic carbocycles. The van der Waals surface area contributed by atoms with E-state index in [0.29, 0.717) is 25.9 Å². The van der Waals surface area contributed by atoms with E-state index in [1.54, 1.807) is 16.7 Å². The lowest BCUT2D eigenvalue weighted by Crippen LogP contribution is -2.52. The van der Waals surface area contributed by atoms with E-state index in [4.69, 9.17) is 10.9 Å². The third-order valence-corrected chi connectivity index (χ3v) is 5.25. The van der Waals surface area contributed by atoms with Crippen LogP contribution in [0.3, 0.4) is 0 Å². The van der Waals surface area contributed by atoms with E-state index in [-0.39, 0.29) is 16.6 Å². The van der Waals surface area contributed by atoms with Gasteiger partial charge >= 0.3 is 6.03 Å². The first-order chi connectivity index (χ1) is 10.1. The smallest absolute Gasteiger partial charge is 0.321 e. The number of hydrogen-bond donors (Lipinski definition) is 3. The van der Waals surface area contributed by atoms with Gasteiger partial charge in [-0.1, -0.05) is 23.4 Å². The summed E-state index contributed by atoms with van der Waals surface area (Å²) in [7, 11) is 0. The van der Waals surface area contributed by atoms with Crippen LogP contribution in [0, 0.1) is 0 Å². The molecule has 7 heteroatoms. The van der Waals surface area contributed by atoms with Gasteiger partial charge in [0.15, 0.2) is 5.84 Å². The summed E-state index contributed by atoms with van der Waals surface area (Å²) in [5.41, 5.74) is 6.58. The molecule has 1 heterocycles. The molecule has 0 unspecified atom stereocenters. The molecule has 1 aromatic rings. The number of oxime groups is 1. The number of hydrogen-bond acceptors (Lipinski definition) is 4. The van der Waals surface area contributed by atoms with Gasteiger partial charge in [0.25, 0.3) is 0 Å². The highest BCUT2D eigenvalue weighted by atomic mass is 32.2. The van der Waals surface area contributed by atoms with Gasteiger partial charge in [-0.2, -0.15) is 11.8 Å². The fourth-order valence-electron chi connectivity index (χ4n) is 2.45. The number of likely N-dealkylation sites (tertiary alicyclic amines) is 1. The van der Waals surface area contributed by atoms with Crippen LogP contribution in [0.5, 0.6) is 0 Å². The number of urea groups is 1. The van der Waals surface area contributed by atoms with Crippen LogP contribution in [0.25, 0.3) is 0 Å². The second-order valence-corrected chi connectivity index (χ2v) is 6.16. The first kappa shape index (κ1) is 15.5. The number of carbonyl (C=O) groups excluding carboxylic acids is 1. The van der Waals surface area contributed by atoms with Gasteiger partial charge in [-0.05, 0) is 31.2 Å². The SMILES string of the molecule is CSC1(C(N)=NO)CCN(C(=O)Nc2ccccc2)CC1. The maximum Gasteiger partial charge on any atom is 0.321 e. The molecule has 0 saturated carbocycles. The molecular formula is C14H20N4O2S. The highest BCUT2D eigenvalue weighted by Crippen LogP contribution is 2.34. The molecule has 0 aliphatic carbocycles. The molecule has 2 rings (SSSR count). The summed E-state index contributed by atoms with van der Waals surface area (Å²) in [5.74, 6) is 0.234. The minimum absolute atomic E-state index is 0.115. The second-order valence-electron chi connectivity index (χ2n) is 4.97. The zero-order chi connectivity index (χ0) is 15.3. The van der Waals surface area contributed by atoms with Crippen molar-refractivity contribution < 1.29 is 10.0 Å². The fourth-order valence-corrected chi connectivity index (χ4v) is 3.29. The lowest BCUT2D eigenvalue weighted by molar-refractivity contribution is 0.196. The van der Waals surface area contributed by atoms with E-state index >= 15 is 0 Å². The standard InChI is InChI=1S/C14H20N4O2S/c1-21-14(12(15)17-20)7-9-18(10-8-14)13(19)16-11-5-3-2-4-6-11/h2-6,20H,7-10H2,1H3,(H2,15,17)(H,16,19). The Labute approximate surface area is 128 Å². The lowest BCUT2D eigenvalue weighted by atomic mass is 9.94. The third-order valence-electron chi connectivity index (χ3n) is 3.85. The normalized spacial score (nSPS) is 18.3. The Morgan fingerprint density at radius 1 is 1.38 bits per heavy atom. The largest absolute Gasteiger partial charge is 0.409 e. The Balaban J connectivity index is 1.96. The number of nitrogens with one attached hydrogen (secondary N) is 1. The molecule has 6 nitrogen and oxygen atoms in total. The Hall–Kier alpha value is -1.89. The van der Waals surface area contributed by atoms with Gasteiger partial charge in [0.1, 0.15) is 0 Å². The molecule has 114 valence electrons. The quantitative estimate of drug-likeness (QED) is 0.345. The first-order valence-corrected chi connectivity index (χ1v) is 7.98. The molecule has 4 N–H and O–H groups in total. The van der Waals surface area contributed by atoms with Crippen molar-refractivity contribution in [2.45, 2.75) is 17.6 Å². The molecule has 0 bridgehead atoms. The molecule has 1 aliphatic heterocycles. The summed E-state index contributed by atoms with van der Waals surface area (Å²) in [6.07, 6.45) is 3.29. The third kappa shape index (κ3) is 3.41. The number of amides is 2. The van der Waals surface area contributed by atoms with Crippen LogP contribution in [-0.2, 0) is 0 Å². The molecule has 0 spiro atoms. The zero-order valence-corrected chi connectivity index (χ0v) is 12.8. The van der Waals surface area contributed by atoms with Crippen LogP contribution in [0.2, 0.25) is 0 Å². The predicted octanol–water partition coefficient (Wildman–Crippen LogP) is 2.16. The highest BCUT2D eigenvalue weighted by molar-refractivity contribution is 8.00. The number of rotatable bonds is 3. The summed E-state index contributed by atoms with van der Waals surface area (Å²) >= 11 is 1.57. The van der Waals surface area contributed by atoms with Crippen molar-refractivity contribution in [1.82, 2.24) is 4.90 Å². The average Bonchev–Trinajstić information content (AvgIpc) is 2.55. The number of carbonyl (C=O) groups is 1. The van der Waals surface area contributed by atoms with Gasteiger partial charge < -0.3 is 21.2 Å². The number of anilines is 1. The number of amidine groups is 1. The molecule has 1 saturated heterocycles. The summed E-state index contributed by atoms with van der Waals surface area (Å²) in [4.78, 5) is 14.0. The lowest BCUT2D eigenvalue weighted by Gasteiger charge is -2.39. The molecule has 1 fully saturated rings. The average molecular weight is 308 g/mol. The molecule has 2 amide bonds. The van der Waals surface area contributed by atoms with Crippen molar-refractivity contribution in [3.05, 3.63) is 30.3 Å². The summed E-state index contributed by atoms with van der Waals surface area (Å²) in [6, 6.07) is 9.25. The molecular weight excluding hydrogens is 288 g/mol. The van der Waals surface area contributed by atoms with Crippen LogP contribution >= 0.6 is 11.8 Å². The second kappa shape index (κ2) is 6.71. The van der Waals surface area contributed by atoms with E-state index in [1.165, 1.54) is 0 Å². The molecule has 21 heavy (non-hydrogen) atoms. The Bertz CT molecular complexity index is 513. The minimum Gasteiger partial charge on any atom is -0.409 e. The Morgan fingerprint density at radius 2 is 2.00 bits per heavy atom. The van der Waals surface area contributed by atoms with E-state index in [1.807, 2.05) is 36.6 Å². The number of thioether (sulfide) groups is 1. The maximum atomic E-state index is 12.2. The first-order valence-electron chi connectivity index (χ1n) is 6.75. The van der Waals surface area contributed by atoms with Gasteiger partial charge in [0.2, 0.25) is 0 Å². The number of piperidine rings is 1. The van der Waals surface area contributed by atoms with Gasteiger partial charge in [-0.25, -0.2) is 4.79 Å². The van der Waals surface area contributed by atoms with E-state index in [2.05, 4.69) is 10.5 Å². The van der Waals surface area contributed by atoms with Gasteiger partial charge in [0, 0.05) is 18.8 Å². The molecule has 0 aromatic heterocycles. The maximum absolute atomic E-state index is 12.2. The number of nitrogens with two attached hydrogens (primary N) is 1. The topological polar surface area (TPSA) is 91.0 Å².